The monoisotopic (exact) mass is 214 g/mol. The molecular weight excluding hydrogens is 192 g/mol. The zero-order valence-corrected chi connectivity index (χ0v) is 9.86. The van der Waals surface area contributed by atoms with Gasteiger partial charge in [0.1, 0.15) is 0 Å². The smallest absolute Gasteiger partial charge is 0.0831 e. The highest BCUT2D eigenvalue weighted by Gasteiger charge is 2.38. The first-order chi connectivity index (χ1) is 6.98. The fourth-order valence-corrected chi connectivity index (χ4v) is 2.78. The molecule has 3 unspecified atom stereocenters. The van der Waals surface area contributed by atoms with E-state index in [2.05, 4.69) is 31.0 Å². The van der Waals surface area contributed by atoms with Crippen molar-refractivity contribution in [1.82, 2.24) is 10.2 Å². The molecule has 0 saturated carbocycles. The molecule has 0 bridgehead atoms. The van der Waals surface area contributed by atoms with Crippen molar-refractivity contribution in [3.8, 4) is 0 Å². The second kappa shape index (κ2) is 4.01. The van der Waals surface area contributed by atoms with Crippen molar-refractivity contribution in [2.24, 2.45) is 0 Å². The standard InChI is InChI=1S/C11H22N2O2/c1-8-6-13(7-11(2,3)15-8)9-4-12-5-10(9)14/h8-10,12,14H,4-7H2,1-3H3. The number of nitrogens with one attached hydrogen (secondary N) is 1. The normalized spacial score (nSPS) is 42.0. The lowest BCUT2D eigenvalue weighted by molar-refractivity contribution is -0.142. The largest absolute Gasteiger partial charge is 0.390 e. The second-order valence-electron chi connectivity index (χ2n) is 5.41. The Morgan fingerprint density at radius 3 is 2.67 bits per heavy atom. The number of hydrogen-bond acceptors (Lipinski definition) is 4. The molecule has 88 valence electrons. The van der Waals surface area contributed by atoms with Crippen LogP contribution in [0.4, 0.5) is 0 Å². The molecule has 0 radical (unpaired) electrons. The Labute approximate surface area is 91.6 Å². The van der Waals surface area contributed by atoms with Gasteiger partial charge in [-0.25, -0.2) is 0 Å². The highest BCUT2D eigenvalue weighted by molar-refractivity contribution is 4.93. The van der Waals surface area contributed by atoms with Crippen molar-refractivity contribution in [2.45, 2.75) is 44.6 Å². The van der Waals surface area contributed by atoms with Gasteiger partial charge in [0, 0.05) is 32.2 Å². The van der Waals surface area contributed by atoms with E-state index in [1.165, 1.54) is 0 Å². The highest BCUT2D eigenvalue weighted by atomic mass is 16.5. The fraction of sp³-hybridized carbons (Fsp3) is 1.00. The van der Waals surface area contributed by atoms with E-state index in [4.69, 9.17) is 4.74 Å². The van der Waals surface area contributed by atoms with Gasteiger partial charge in [0.05, 0.1) is 17.8 Å². The highest BCUT2D eigenvalue weighted by Crippen LogP contribution is 2.24. The van der Waals surface area contributed by atoms with E-state index in [1.807, 2.05) is 0 Å². The number of hydrogen-bond donors (Lipinski definition) is 2. The molecule has 4 heteroatoms. The van der Waals surface area contributed by atoms with Crippen LogP contribution in [0.5, 0.6) is 0 Å². The fourth-order valence-electron chi connectivity index (χ4n) is 2.78. The summed E-state index contributed by atoms with van der Waals surface area (Å²) >= 11 is 0. The molecule has 0 aromatic carbocycles. The number of morpholine rings is 1. The first-order valence-electron chi connectivity index (χ1n) is 5.78. The molecule has 2 N–H and O–H groups in total. The van der Waals surface area contributed by atoms with E-state index in [0.717, 1.165) is 26.2 Å². The van der Waals surface area contributed by atoms with Crippen LogP contribution in [0.1, 0.15) is 20.8 Å². The Kier molecular flexibility index (Phi) is 3.03. The minimum atomic E-state index is -0.230. The zero-order chi connectivity index (χ0) is 11.1. The Morgan fingerprint density at radius 2 is 2.13 bits per heavy atom. The van der Waals surface area contributed by atoms with Crippen LogP contribution in [0.2, 0.25) is 0 Å². The minimum Gasteiger partial charge on any atom is -0.390 e. The average molecular weight is 214 g/mol. The summed E-state index contributed by atoms with van der Waals surface area (Å²) in [5.74, 6) is 0. The van der Waals surface area contributed by atoms with Gasteiger partial charge in [-0.2, -0.15) is 0 Å². The van der Waals surface area contributed by atoms with Crippen LogP contribution in [-0.2, 0) is 4.74 Å². The maximum Gasteiger partial charge on any atom is 0.0831 e. The summed E-state index contributed by atoms with van der Waals surface area (Å²) < 4.78 is 5.85. The summed E-state index contributed by atoms with van der Waals surface area (Å²) in [6, 6.07) is 0.260. The number of rotatable bonds is 1. The number of aliphatic hydroxyl groups excluding tert-OH is 1. The summed E-state index contributed by atoms with van der Waals surface area (Å²) in [7, 11) is 0. The van der Waals surface area contributed by atoms with Gasteiger partial charge in [0.2, 0.25) is 0 Å². The predicted octanol–water partition coefficient (Wildman–Crippen LogP) is -0.182. The molecular formula is C11H22N2O2. The Morgan fingerprint density at radius 1 is 1.40 bits per heavy atom. The number of ether oxygens (including phenoxy) is 1. The quantitative estimate of drug-likeness (QED) is 0.635. The summed E-state index contributed by atoms with van der Waals surface area (Å²) in [5, 5.41) is 13.1. The van der Waals surface area contributed by atoms with Crippen LogP contribution in [0.25, 0.3) is 0 Å². The molecule has 3 atom stereocenters. The molecule has 2 heterocycles. The van der Waals surface area contributed by atoms with Gasteiger partial charge in [0.25, 0.3) is 0 Å². The molecule has 0 spiro atoms. The van der Waals surface area contributed by atoms with E-state index >= 15 is 0 Å². The lowest BCUT2D eigenvalue weighted by Crippen LogP contribution is -2.57. The third kappa shape index (κ3) is 2.50. The number of nitrogens with zero attached hydrogens (tertiary/aromatic N) is 1. The second-order valence-corrected chi connectivity index (χ2v) is 5.41. The summed E-state index contributed by atoms with van der Waals surface area (Å²) in [6.07, 6.45) is 0.0210. The number of aliphatic hydroxyl groups is 1. The number of β-amino-alcohol motifs (C(OH)–C–C–N with tert-alkyl or cyclic N) is 1. The van der Waals surface area contributed by atoms with Crippen LogP contribution in [0.3, 0.4) is 0 Å². The molecule has 2 saturated heterocycles. The molecule has 2 rings (SSSR count). The molecule has 2 fully saturated rings. The molecule has 2 aliphatic rings. The first-order valence-corrected chi connectivity index (χ1v) is 5.78. The molecule has 0 aliphatic carbocycles. The lowest BCUT2D eigenvalue weighted by Gasteiger charge is -2.44. The van der Waals surface area contributed by atoms with Gasteiger partial charge in [0.15, 0.2) is 0 Å². The van der Waals surface area contributed by atoms with E-state index in [0.29, 0.717) is 0 Å². The summed E-state index contributed by atoms with van der Waals surface area (Å²) in [5.41, 5.74) is -0.0972. The Bertz CT molecular complexity index is 233. The van der Waals surface area contributed by atoms with Gasteiger partial charge >= 0.3 is 0 Å². The van der Waals surface area contributed by atoms with Gasteiger partial charge in [-0.05, 0) is 20.8 Å². The first kappa shape index (κ1) is 11.3. The minimum absolute atomic E-state index is 0.0972. The van der Waals surface area contributed by atoms with Gasteiger partial charge in [-0.3, -0.25) is 4.90 Å². The SMILES string of the molecule is CC1CN(C2CNCC2O)CC(C)(C)O1. The van der Waals surface area contributed by atoms with Crippen molar-refractivity contribution in [3.63, 3.8) is 0 Å². The average Bonchev–Trinajstić information content (AvgIpc) is 2.47. The van der Waals surface area contributed by atoms with Crippen LogP contribution in [0, 0.1) is 0 Å². The summed E-state index contributed by atoms with van der Waals surface area (Å²) in [4.78, 5) is 2.36. The molecule has 0 aromatic heterocycles. The van der Waals surface area contributed by atoms with E-state index < -0.39 is 0 Å². The third-order valence-electron chi connectivity index (χ3n) is 3.22. The van der Waals surface area contributed by atoms with Crippen LogP contribution in [-0.4, -0.2) is 60.0 Å². The van der Waals surface area contributed by atoms with E-state index in [9.17, 15) is 5.11 Å². The van der Waals surface area contributed by atoms with Crippen LogP contribution >= 0.6 is 0 Å². The van der Waals surface area contributed by atoms with Gasteiger partial charge in [-0.15, -0.1) is 0 Å². The van der Waals surface area contributed by atoms with Crippen molar-refractivity contribution in [2.75, 3.05) is 26.2 Å². The van der Waals surface area contributed by atoms with Crippen molar-refractivity contribution in [1.29, 1.82) is 0 Å². The predicted molar refractivity (Wildman–Crippen MR) is 58.9 cm³/mol. The maximum atomic E-state index is 9.85. The molecule has 0 aromatic rings. The van der Waals surface area contributed by atoms with Crippen LogP contribution in [0.15, 0.2) is 0 Å². The third-order valence-corrected chi connectivity index (χ3v) is 3.22. The molecule has 0 amide bonds. The Hall–Kier alpha value is -0.160. The van der Waals surface area contributed by atoms with Crippen molar-refractivity contribution in [3.05, 3.63) is 0 Å². The molecule has 4 nitrogen and oxygen atoms in total. The van der Waals surface area contributed by atoms with Gasteiger partial charge in [-0.1, -0.05) is 0 Å². The zero-order valence-electron chi connectivity index (χ0n) is 9.86. The summed E-state index contributed by atoms with van der Waals surface area (Å²) in [6.45, 7) is 9.77. The maximum absolute atomic E-state index is 9.85. The Balaban J connectivity index is 2.02. The molecule has 2 aliphatic heterocycles. The van der Waals surface area contributed by atoms with Gasteiger partial charge < -0.3 is 15.2 Å². The van der Waals surface area contributed by atoms with E-state index in [-0.39, 0.29) is 23.9 Å². The van der Waals surface area contributed by atoms with E-state index in [1.54, 1.807) is 0 Å². The van der Waals surface area contributed by atoms with Crippen molar-refractivity contribution >= 4 is 0 Å². The molecule has 15 heavy (non-hydrogen) atoms. The topological polar surface area (TPSA) is 44.7 Å². The van der Waals surface area contributed by atoms with Crippen LogP contribution < -0.4 is 5.32 Å². The van der Waals surface area contributed by atoms with Crippen molar-refractivity contribution < 1.29 is 9.84 Å². The lowest BCUT2D eigenvalue weighted by atomic mass is 10.0.